The lowest BCUT2D eigenvalue weighted by Gasteiger charge is -2.31. The molecule has 0 aliphatic carbocycles. The van der Waals surface area contributed by atoms with Gasteiger partial charge in [0.2, 0.25) is 0 Å². The molecule has 4 rings (SSSR count). The highest BCUT2D eigenvalue weighted by Crippen LogP contribution is 2.33. The topological polar surface area (TPSA) is 70.8 Å². The summed E-state index contributed by atoms with van der Waals surface area (Å²) >= 11 is 10.4. The first-order valence-electron chi connectivity index (χ1n) is 11.6. The van der Waals surface area contributed by atoms with Crippen molar-refractivity contribution in [2.45, 2.75) is 52.0 Å². The van der Waals surface area contributed by atoms with Gasteiger partial charge < -0.3 is 14.7 Å². The van der Waals surface area contributed by atoms with Crippen molar-refractivity contribution in [2.75, 3.05) is 37.7 Å². The number of aliphatic hydroxyl groups is 1. The number of β-amino-alcohol motifs (C(OH)–C–C–N with tert-alkyl or cyclic N) is 1. The average molecular weight is 619 g/mol. The Morgan fingerprint density at radius 3 is 2.68 bits per heavy atom. The molecule has 1 atom stereocenters. The molecule has 34 heavy (non-hydrogen) atoms. The van der Waals surface area contributed by atoms with E-state index in [1.807, 2.05) is 55.4 Å². The fourth-order valence-electron chi connectivity index (χ4n) is 4.34. The molecule has 2 aliphatic rings. The van der Waals surface area contributed by atoms with Crippen molar-refractivity contribution in [1.29, 1.82) is 0 Å². The summed E-state index contributed by atoms with van der Waals surface area (Å²) in [5, 5.41) is 16.5. The van der Waals surface area contributed by atoms with E-state index in [0.29, 0.717) is 37.6 Å². The molecule has 1 unspecified atom stereocenters. The van der Waals surface area contributed by atoms with E-state index >= 15 is 0 Å². The number of ether oxygens (including phenoxy) is 1. The lowest BCUT2D eigenvalue weighted by molar-refractivity contribution is 0.0221. The Bertz CT molecular complexity index is 1040. The largest absolute Gasteiger partial charge is 0.444 e. The van der Waals surface area contributed by atoms with Crippen LogP contribution in [0.4, 0.5) is 4.79 Å². The Labute approximate surface area is 224 Å². The van der Waals surface area contributed by atoms with Crippen LogP contribution in [0, 0.1) is 3.57 Å². The van der Waals surface area contributed by atoms with Crippen molar-refractivity contribution in [2.24, 2.45) is 0 Å². The van der Waals surface area contributed by atoms with Crippen molar-refractivity contribution < 1.29 is 14.6 Å². The van der Waals surface area contributed by atoms with Crippen LogP contribution >= 0.6 is 46.0 Å². The first-order chi connectivity index (χ1) is 16.1. The molecule has 1 amide bonds. The minimum atomic E-state index is -0.548. The predicted molar refractivity (Wildman–Crippen MR) is 146 cm³/mol. The van der Waals surface area contributed by atoms with Gasteiger partial charge in [-0.15, -0.1) is 0 Å². The summed E-state index contributed by atoms with van der Waals surface area (Å²) in [6.07, 6.45) is -0.154. The highest BCUT2D eigenvalue weighted by atomic mass is 127. The molecule has 3 heterocycles. The summed E-state index contributed by atoms with van der Waals surface area (Å²) in [6, 6.07) is 5.86. The standard InChI is InChI=1S/C24H32ClIN4O3S/c1-24(2,3)33-23(32)29-7-6-21-18(15-29)22(16-4-5-19(25)20(26)12-16)27-30(21)14-17(31)13-28-8-10-34-11-9-28/h4-5,12,17,31H,6-11,13-15H2,1-3H3. The second-order valence-electron chi connectivity index (χ2n) is 9.80. The van der Waals surface area contributed by atoms with Crippen molar-refractivity contribution in [3.63, 3.8) is 0 Å². The first-order valence-corrected chi connectivity index (χ1v) is 14.2. The highest BCUT2D eigenvalue weighted by molar-refractivity contribution is 14.1. The van der Waals surface area contributed by atoms with Crippen LogP contribution in [0.2, 0.25) is 5.02 Å². The molecule has 1 aromatic heterocycles. The Morgan fingerprint density at radius 2 is 2.00 bits per heavy atom. The van der Waals surface area contributed by atoms with Crippen LogP contribution < -0.4 is 0 Å². The number of aliphatic hydroxyl groups excluding tert-OH is 1. The number of amides is 1. The fraction of sp³-hybridized carbons (Fsp3) is 0.583. The van der Waals surface area contributed by atoms with Crippen molar-refractivity contribution >= 4 is 52.0 Å². The molecular formula is C24H32ClIN4O3S. The van der Waals surface area contributed by atoms with Crippen LogP contribution in [-0.2, 0) is 24.2 Å². The number of aromatic nitrogens is 2. The number of carbonyl (C=O) groups excluding carboxylic acids is 1. The Kier molecular flexibility index (Phi) is 8.39. The molecular weight excluding hydrogens is 587 g/mol. The number of carbonyl (C=O) groups is 1. The third kappa shape index (κ3) is 6.40. The zero-order chi connectivity index (χ0) is 24.5. The van der Waals surface area contributed by atoms with Gasteiger partial charge in [-0.05, 0) is 55.5 Å². The van der Waals surface area contributed by atoms with E-state index in [4.69, 9.17) is 21.4 Å². The van der Waals surface area contributed by atoms with Gasteiger partial charge >= 0.3 is 6.09 Å². The molecule has 1 fully saturated rings. The summed E-state index contributed by atoms with van der Waals surface area (Å²) in [4.78, 5) is 16.9. The van der Waals surface area contributed by atoms with E-state index in [1.54, 1.807) is 4.90 Å². The summed E-state index contributed by atoms with van der Waals surface area (Å²) in [6.45, 7) is 9.72. The second kappa shape index (κ2) is 10.9. The number of hydrogen-bond acceptors (Lipinski definition) is 6. The third-order valence-corrected chi connectivity index (χ3v) is 8.42. The molecule has 0 saturated carbocycles. The van der Waals surface area contributed by atoms with Gasteiger partial charge in [-0.2, -0.15) is 16.9 Å². The van der Waals surface area contributed by atoms with Crippen molar-refractivity contribution in [3.05, 3.63) is 38.0 Å². The minimum Gasteiger partial charge on any atom is -0.444 e. The van der Waals surface area contributed by atoms with Gasteiger partial charge in [0.25, 0.3) is 0 Å². The molecule has 0 spiro atoms. The molecule has 7 nitrogen and oxygen atoms in total. The average Bonchev–Trinajstić information content (AvgIpc) is 3.12. The van der Waals surface area contributed by atoms with E-state index in [1.165, 1.54) is 0 Å². The van der Waals surface area contributed by atoms with Crippen LogP contribution in [0.3, 0.4) is 0 Å². The Balaban J connectivity index is 1.61. The lowest BCUT2D eigenvalue weighted by atomic mass is 10.0. The summed E-state index contributed by atoms with van der Waals surface area (Å²) in [5.41, 5.74) is 3.33. The van der Waals surface area contributed by atoms with Gasteiger partial charge in [0.05, 0.1) is 29.9 Å². The third-order valence-electron chi connectivity index (χ3n) is 5.94. The number of fused-ring (bicyclic) bond motifs is 1. The number of halogens is 2. The van der Waals surface area contributed by atoms with Gasteiger partial charge in [0.15, 0.2) is 0 Å². The minimum absolute atomic E-state index is 0.314. The molecule has 2 aromatic rings. The highest BCUT2D eigenvalue weighted by Gasteiger charge is 2.31. The number of nitrogens with zero attached hydrogens (tertiary/aromatic N) is 4. The summed E-state index contributed by atoms with van der Waals surface area (Å²) in [5.74, 6) is 2.23. The number of hydrogen-bond donors (Lipinski definition) is 1. The zero-order valence-electron chi connectivity index (χ0n) is 19.9. The van der Waals surface area contributed by atoms with Crippen LogP contribution in [0.1, 0.15) is 32.0 Å². The van der Waals surface area contributed by atoms with Crippen molar-refractivity contribution in [3.8, 4) is 11.3 Å². The molecule has 10 heteroatoms. The Morgan fingerprint density at radius 1 is 1.26 bits per heavy atom. The van der Waals surface area contributed by atoms with E-state index in [-0.39, 0.29) is 6.09 Å². The smallest absolute Gasteiger partial charge is 0.410 e. The number of thioether (sulfide) groups is 1. The molecule has 0 radical (unpaired) electrons. The molecule has 1 N–H and O–H groups in total. The van der Waals surface area contributed by atoms with Crippen LogP contribution in [0.25, 0.3) is 11.3 Å². The Hall–Kier alpha value is -1.01. The van der Waals surface area contributed by atoms with E-state index in [9.17, 15) is 9.90 Å². The first kappa shape index (κ1) is 26.1. The zero-order valence-corrected chi connectivity index (χ0v) is 23.6. The maximum absolute atomic E-state index is 12.8. The molecule has 1 aromatic carbocycles. The van der Waals surface area contributed by atoms with Gasteiger partial charge in [-0.3, -0.25) is 9.58 Å². The normalized spacial score (nSPS) is 18.0. The quantitative estimate of drug-likeness (QED) is 0.498. The van der Waals surface area contributed by atoms with Gasteiger partial charge in [-0.1, -0.05) is 17.7 Å². The second-order valence-corrected chi connectivity index (χ2v) is 12.6. The fourth-order valence-corrected chi connectivity index (χ4v) is 5.95. The van der Waals surface area contributed by atoms with Crippen LogP contribution in [-0.4, -0.2) is 80.2 Å². The molecule has 1 saturated heterocycles. The van der Waals surface area contributed by atoms with Gasteiger partial charge in [0.1, 0.15) is 5.60 Å². The predicted octanol–water partition coefficient (Wildman–Crippen LogP) is 4.51. The molecule has 2 aliphatic heterocycles. The van der Waals surface area contributed by atoms with E-state index in [0.717, 1.165) is 50.7 Å². The van der Waals surface area contributed by atoms with Crippen molar-refractivity contribution in [1.82, 2.24) is 19.6 Å². The van der Waals surface area contributed by atoms with E-state index in [2.05, 4.69) is 27.5 Å². The summed E-state index contributed by atoms with van der Waals surface area (Å²) in [7, 11) is 0. The number of rotatable bonds is 5. The number of benzene rings is 1. The van der Waals surface area contributed by atoms with Gasteiger partial charge in [0, 0.05) is 64.5 Å². The maximum Gasteiger partial charge on any atom is 0.410 e. The molecule has 0 bridgehead atoms. The van der Waals surface area contributed by atoms with Crippen LogP contribution in [0.15, 0.2) is 18.2 Å². The monoisotopic (exact) mass is 618 g/mol. The van der Waals surface area contributed by atoms with E-state index < -0.39 is 11.7 Å². The SMILES string of the molecule is CC(C)(C)OC(=O)N1CCc2c(c(-c3ccc(Cl)c(I)c3)nn2CC(O)CN2CCSCC2)C1. The maximum atomic E-state index is 12.8. The van der Waals surface area contributed by atoms with Gasteiger partial charge in [-0.25, -0.2) is 4.79 Å². The lowest BCUT2D eigenvalue weighted by Crippen LogP contribution is -2.41. The molecule has 186 valence electrons. The van der Waals surface area contributed by atoms with Crippen LogP contribution in [0.5, 0.6) is 0 Å². The summed E-state index contributed by atoms with van der Waals surface area (Å²) < 4.78 is 8.52.